The summed E-state index contributed by atoms with van der Waals surface area (Å²) in [7, 11) is 0. The Kier molecular flexibility index (Phi) is 5.61. The van der Waals surface area contributed by atoms with Gasteiger partial charge in [-0.1, -0.05) is 97.1 Å². The van der Waals surface area contributed by atoms with Crippen LogP contribution in [-0.4, -0.2) is 8.97 Å². The molecule has 4 heterocycles. The van der Waals surface area contributed by atoms with Crippen molar-refractivity contribution in [1.82, 2.24) is 8.97 Å². The molecule has 0 aliphatic rings. The Morgan fingerprint density at radius 1 is 0.447 bits per heavy atom. The van der Waals surface area contributed by atoms with Gasteiger partial charge >= 0.3 is 0 Å². The van der Waals surface area contributed by atoms with Gasteiger partial charge in [-0.25, -0.2) is 0 Å². The van der Waals surface area contributed by atoms with Crippen molar-refractivity contribution in [2.75, 3.05) is 0 Å². The first kappa shape index (κ1) is 26.6. The fraction of sp³-hybridized carbons (Fsp3) is 0.0455. The van der Waals surface area contributed by atoms with E-state index in [1.807, 2.05) is 37.3 Å². The smallest absolute Gasteiger partial charge is 0.0620 e. The molecule has 0 spiro atoms. The van der Waals surface area contributed by atoms with Gasteiger partial charge < -0.3 is 8.97 Å². The molecular weight excluding hydrogens is 589 g/mol. The minimum absolute atomic E-state index is 1.20. The van der Waals surface area contributed by atoms with E-state index in [2.05, 4.69) is 142 Å². The van der Waals surface area contributed by atoms with Gasteiger partial charge in [-0.3, -0.25) is 0 Å². The summed E-state index contributed by atoms with van der Waals surface area (Å²) in [5.74, 6) is 0. The number of hydrogen-bond donors (Lipinski definition) is 0. The van der Waals surface area contributed by atoms with Gasteiger partial charge in [-0.15, -0.1) is 11.3 Å². The van der Waals surface area contributed by atoms with E-state index in [4.69, 9.17) is 0 Å². The summed E-state index contributed by atoms with van der Waals surface area (Å²) in [4.78, 5) is 0. The monoisotopic (exact) mass is 618 g/mol. The van der Waals surface area contributed by atoms with Gasteiger partial charge in [0.05, 0.1) is 27.6 Å². The lowest BCUT2D eigenvalue weighted by Gasteiger charge is -2.09. The number of thiophene rings is 1. The van der Waals surface area contributed by atoms with Crippen LogP contribution in [0.25, 0.3) is 96.5 Å². The lowest BCUT2D eigenvalue weighted by Crippen LogP contribution is -1.93. The van der Waals surface area contributed by atoms with Crippen LogP contribution in [-0.2, 0) is 0 Å². The predicted molar refractivity (Wildman–Crippen MR) is 206 cm³/mol. The molecule has 47 heavy (non-hydrogen) atoms. The van der Waals surface area contributed by atoms with Crippen LogP contribution >= 0.6 is 11.3 Å². The van der Waals surface area contributed by atoms with Crippen molar-refractivity contribution < 1.29 is 0 Å². The quantitative estimate of drug-likeness (QED) is 0.162. The maximum absolute atomic E-state index is 2.49. The van der Waals surface area contributed by atoms with E-state index in [-0.39, 0.29) is 0 Å². The summed E-state index contributed by atoms with van der Waals surface area (Å²) < 4.78 is 7.63. The van der Waals surface area contributed by atoms with Gasteiger partial charge in [0.2, 0.25) is 0 Å². The van der Waals surface area contributed by atoms with Gasteiger partial charge in [-0.05, 0) is 67.8 Å². The van der Waals surface area contributed by atoms with Gasteiger partial charge in [0.1, 0.15) is 0 Å². The van der Waals surface area contributed by atoms with Crippen molar-refractivity contribution in [3.63, 3.8) is 0 Å². The number of para-hydroxylation sites is 3. The molecule has 0 amide bonds. The van der Waals surface area contributed by atoms with Crippen LogP contribution < -0.4 is 0 Å². The van der Waals surface area contributed by atoms with Crippen LogP contribution in [0.15, 0.2) is 146 Å². The number of nitrogens with zero attached hydrogens (tertiary/aromatic N) is 2. The van der Waals surface area contributed by atoms with Gasteiger partial charge in [0.15, 0.2) is 0 Å². The largest absolute Gasteiger partial charge is 0.309 e. The topological polar surface area (TPSA) is 9.34 Å². The van der Waals surface area contributed by atoms with E-state index >= 15 is 0 Å². The maximum atomic E-state index is 2.49. The van der Waals surface area contributed by atoms with Crippen LogP contribution in [0.5, 0.6) is 0 Å². The Hall–Kier alpha value is -5.64. The molecule has 3 heteroatoms. The number of rotatable bonds is 1. The van der Waals surface area contributed by atoms with Crippen LogP contribution in [0.1, 0.15) is 13.8 Å². The van der Waals surface area contributed by atoms with Crippen molar-refractivity contribution in [2.24, 2.45) is 0 Å². The fourth-order valence-corrected chi connectivity index (χ4v) is 9.01. The SMILES string of the molecule is C/C=C\C.c1ccc2c(c1)sc1ccc(-n3c4ccccc4c4c5c(ccc43)ccc3c5c4cccc5c6ccccc6n3c54)cc12. The summed E-state index contributed by atoms with van der Waals surface area (Å²) in [6.07, 6.45) is 4.00. The summed E-state index contributed by atoms with van der Waals surface area (Å²) in [5.41, 5.74) is 7.55. The molecule has 11 rings (SSSR count). The zero-order valence-corrected chi connectivity index (χ0v) is 27.0. The zero-order chi connectivity index (χ0) is 31.2. The van der Waals surface area contributed by atoms with Crippen molar-refractivity contribution in [2.45, 2.75) is 13.8 Å². The third kappa shape index (κ3) is 3.55. The second-order valence-corrected chi connectivity index (χ2v) is 13.5. The van der Waals surface area contributed by atoms with Crippen LogP contribution in [0.2, 0.25) is 0 Å². The zero-order valence-electron chi connectivity index (χ0n) is 26.2. The fourth-order valence-electron chi connectivity index (χ4n) is 7.93. The highest BCUT2D eigenvalue weighted by Gasteiger charge is 2.22. The van der Waals surface area contributed by atoms with E-state index in [1.165, 1.54) is 96.5 Å². The Morgan fingerprint density at radius 2 is 1.09 bits per heavy atom. The van der Waals surface area contributed by atoms with Crippen LogP contribution in [0, 0.1) is 0 Å². The van der Waals surface area contributed by atoms with E-state index in [1.54, 1.807) is 0 Å². The molecule has 0 unspecified atom stereocenters. The molecule has 4 aromatic heterocycles. The molecule has 0 aliphatic carbocycles. The van der Waals surface area contributed by atoms with E-state index in [0.717, 1.165) is 0 Å². The molecule has 0 fully saturated rings. The second kappa shape index (κ2) is 9.93. The standard InChI is InChI=1S/C40H22N2S.C4H8/c1-4-13-31-25(8-1)27-11-7-12-29-39-34(42(31)40(27)29)20-17-23-16-19-33-38(37(23)39)28-10-2-5-14-32(28)41(33)24-18-21-36-30(22-24)26-9-3-6-15-35(26)43-36;1-3-4-2/h1-22H;3-4H,1-2H3/b;4-3-. The third-order valence-corrected chi connectivity index (χ3v) is 11.1. The normalized spacial score (nSPS) is 12.4. The van der Waals surface area contributed by atoms with E-state index in [0.29, 0.717) is 0 Å². The molecule has 0 aliphatic heterocycles. The second-order valence-electron chi connectivity index (χ2n) is 12.4. The lowest BCUT2D eigenvalue weighted by molar-refractivity contribution is 1.19. The summed E-state index contributed by atoms with van der Waals surface area (Å²) in [6.45, 7) is 4.00. The molecule has 0 saturated heterocycles. The minimum Gasteiger partial charge on any atom is -0.309 e. The summed E-state index contributed by atoms with van der Waals surface area (Å²) in [5, 5.41) is 13.2. The van der Waals surface area contributed by atoms with Crippen molar-refractivity contribution >= 4 is 102 Å². The highest BCUT2D eigenvalue weighted by molar-refractivity contribution is 7.25. The predicted octanol–water partition coefficient (Wildman–Crippen LogP) is 13.0. The van der Waals surface area contributed by atoms with Crippen LogP contribution in [0.3, 0.4) is 0 Å². The number of allylic oxidation sites excluding steroid dienone is 2. The first-order chi connectivity index (χ1) is 23.3. The molecule has 11 aromatic rings. The first-order valence-corrected chi connectivity index (χ1v) is 17.1. The Bertz CT molecular complexity index is 3030. The van der Waals surface area contributed by atoms with E-state index in [9.17, 15) is 0 Å². The Morgan fingerprint density at radius 3 is 1.91 bits per heavy atom. The number of benzene rings is 7. The average Bonchev–Trinajstić information content (AvgIpc) is 3.87. The Balaban J connectivity index is 0.000000678. The highest BCUT2D eigenvalue weighted by Crippen LogP contribution is 2.46. The molecular formula is C44H30N2S. The molecule has 0 atom stereocenters. The third-order valence-electron chi connectivity index (χ3n) is 9.95. The van der Waals surface area contributed by atoms with Crippen molar-refractivity contribution in [3.8, 4) is 5.69 Å². The average molecular weight is 619 g/mol. The minimum atomic E-state index is 1.20. The molecule has 7 aromatic carbocycles. The van der Waals surface area contributed by atoms with Crippen LogP contribution in [0.4, 0.5) is 0 Å². The Labute approximate surface area is 275 Å². The summed E-state index contributed by atoms with van der Waals surface area (Å²) in [6, 6.07) is 49.6. The molecule has 0 radical (unpaired) electrons. The number of fused-ring (bicyclic) bond motifs is 15. The first-order valence-electron chi connectivity index (χ1n) is 16.3. The molecule has 0 saturated carbocycles. The lowest BCUT2D eigenvalue weighted by atomic mass is 9.98. The van der Waals surface area contributed by atoms with Crippen molar-refractivity contribution in [3.05, 3.63) is 146 Å². The highest BCUT2D eigenvalue weighted by atomic mass is 32.1. The van der Waals surface area contributed by atoms with Gasteiger partial charge in [0.25, 0.3) is 0 Å². The molecule has 222 valence electrons. The van der Waals surface area contributed by atoms with Gasteiger partial charge in [0, 0.05) is 63.6 Å². The summed E-state index contributed by atoms with van der Waals surface area (Å²) >= 11 is 1.87. The molecule has 0 bridgehead atoms. The number of hydrogen-bond acceptors (Lipinski definition) is 1. The number of aromatic nitrogens is 2. The maximum Gasteiger partial charge on any atom is 0.0620 e. The van der Waals surface area contributed by atoms with E-state index < -0.39 is 0 Å². The molecule has 2 nitrogen and oxygen atoms in total. The van der Waals surface area contributed by atoms with Gasteiger partial charge in [-0.2, -0.15) is 0 Å². The molecule has 0 N–H and O–H groups in total. The van der Waals surface area contributed by atoms with Crippen molar-refractivity contribution in [1.29, 1.82) is 0 Å².